The topological polar surface area (TPSA) is 68.0 Å². The third kappa shape index (κ3) is 3.74. The van der Waals surface area contributed by atoms with Gasteiger partial charge in [0.15, 0.2) is 0 Å². The van der Waals surface area contributed by atoms with Gasteiger partial charge in [-0.15, -0.1) is 0 Å². The van der Waals surface area contributed by atoms with Crippen molar-refractivity contribution in [2.24, 2.45) is 0 Å². The summed E-state index contributed by atoms with van der Waals surface area (Å²) in [7, 11) is 1.94. The van der Waals surface area contributed by atoms with Crippen LogP contribution in [0.5, 0.6) is 0 Å². The summed E-state index contributed by atoms with van der Waals surface area (Å²) >= 11 is 0. The Morgan fingerprint density at radius 3 is 2.67 bits per heavy atom. The fourth-order valence-corrected chi connectivity index (χ4v) is 4.61. The Hall–Kier alpha value is -3.71. The molecule has 0 spiro atoms. The van der Waals surface area contributed by atoms with E-state index in [-0.39, 0.29) is 5.56 Å². The van der Waals surface area contributed by atoms with Crippen molar-refractivity contribution in [2.75, 3.05) is 25.2 Å². The molecule has 0 fully saturated rings. The Bertz CT molecular complexity index is 1370. The number of rotatable bonds is 5. The normalized spacial score (nSPS) is 13.2. The van der Waals surface area contributed by atoms with Gasteiger partial charge < -0.3 is 10.2 Å². The highest BCUT2D eigenvalue weighted by atomic mass is 16.1. The Morgan fingerprint density at radius 1 is 1.03 bits per heavy atom. The third-order valence-electron chi connectivity index (χ3n) is 6.12. The molecule has 0 saturated heterocycles. The Kier molecular flexibility index (Phi) is 5.56. The number of nitrogens with zero attached hydrogens (tertiary/aromatic N) is 5. The number of fused-ring (bicyclic) bond motifs is 1. The van der Waals surface area contributed by atoms with Crippen LogP contribution in [-0.4, -0.2) is 39.8 Å². The minimum atomic E-state index is -0.147. The monoisotopic (exact) mass is 440 g/mol. The number of hydrogen-bond donors (Lipinski definition) is 1. The van der Waals surface area contributed by atoms with Gasteiger partial charge in [0, 0.05) is 24.8 Å². The smallest absolute Gasteiger partial charge is 0.279 e. The summed E-state index contributed by atoms with van der Waals surface area (Å²) in [6.45, 7) is 6.48. The molecular formula is C26H28N6O. The lowest BCUT2D eigenvalue weighted by molar-refractivity contribution is 0.510. The van der Waals surface area contributed by atoms with E-state index in [9.17, 15) is 4.79 Å². The predicted molar refractivity (Wildman–Crippen MR) is 132 cm³/mol. The molecule has 168 valence electrons. The number of hydrogen-bond acceptors (Lipinski definition) is 5. The van der Waals surface area contributed by atoms with Crippen molar-refractivity contribution in [3.05, 3.63) is 82.3 Å². The van der Waals surface area contributed by atoms with Crippen LogP contribution in [0.15, 0.2) is 65.6 Å². The van der Waals surface area contributed by atoms with Crippen LogP contribution in [0.4, 0.5) is 5.82 Å². The van der Waals surface area contributed by atoms with E-state index >= 15 is 0 Å². The van der Waals surface area contributed by atoms with Crippen molar-refractivity contribution in [3.63, 3.8) is 0 Å². The molecule has 0 atom stereocenters. The van der Waals surface area contributed by atoms with Crippen LogP contribution in [0.25, 0.3) is 28.1 Å². The second kappa shape index (κ2) is 8.67. The van der Waals surface area contributed by atoms with Gasteiger partial charge >= 0.3 is 0 Å². The second-order valence-corrected chi connectivity index (χ2v) is 8.52. The molecular weight excluding hydrogens is 412 g/mol. The highest BCUT2D eigenvalue weighted by Gasteiger charge is 2.29. The minimum absolute atomic E-state index is 0.147. The van der Waals surface area contributed by atoms with Crippen LogP contribution >= 0.6 is 0 Å². The Morgan fingerprint density at radius 2 is 1.88 bits per heavy atom. The first-order valence-corrected chi connectivity index (χ1v) is 11.3. The van der Waals surface area contributed by atoms with E-state index in [4.69, 9.17) is 5.10 Å². The third-order valence-corrected chi connectivity index (χ3v) is 6.12. The number of nitrogens with one attached hydrogen (secondary N) is 1. The molecule has 0 aliphatic carbocycles. The van der Waals surface area contributed by atoms with Gasteiger partial charge in [-0.3, -0.25) is 4.79 Å². The number of anilines is 1. The van der Waals surface area contributed by atoms with Gasteiger partial charge in [-0.05, 0) is 51.1 Å². The summed E-state index contributed by atoms with van der Waals surface area (Å²) in [5, 5.41) is 12.7. The van der Waals surface area contributed by atoms with Gasteiger partial charge in [0.05, 0.1) is 23.5 Å². The molecule has 2 aromatic heterocycles. The van der Waals surface area contributed by atoms with Crippen LogP contribution in [0.3, 0.4) is 0 Å². The van der Waals surface area contributed by atoms with Crippen molar-refractivity contribution in [2.45, 2.75) is 26.8 Å². The molecule has 3 heterocycles. The van der Waals surface area contributed by atoms with Gasteiger partial charge in [-0.1, -0.05) is 42.0 Å². The zero-order valence-electron chi connectivity index (χ0n) is 19.2. The zero-order valence-corrected chi connectivity index (χ0v) is 19.2. The van der Waals surface area contributed by atoms with Gasteiger partial charge in [-0.2, -0.15) is 14.9 Å². The van der Waals surface area contributed by atoms with Crippen LogP contribution in [-0.2, 0) is 6.54 Å². The molecule has 1 N–H and O–H groups in total. The summed E-state index contributed by atoms with van der Waals surface area (Å²) in [5.74, 6) is 0.978. The van der Waals surface area contributed by atoms with Gasteiger partial charge in [0.2, 0.25) is 0 Å². The highest BCUT2D eigenvalue weighted by molar-refractivity contribution is 5.89. The molecule has 0 amide bonds. The van der Waals surface area contributed by atoms with Gasteiger partial charge in [0.25, 0.3) is 5.56 Å². The summed E-state index contributed by atoms with van der Waals surface area (Å²) in [6, 6.07) is 17.9. The lowest BCUT2D eigenvalue weighted by Gasteiger charge is -2.30. The zero-order chi connectivity index (χ0) is 22.9. The summed E-state index contributed by atoms with van der Waals surface area (Å²) < 4.78 is 3.55. The largest absolute Gasteiger partial charge is 0.343 e. The fraction of sp³-hybridized carbons (Fsp3) is 0.269. The quantitative estimate of drug-likeness (QED) is 0.512. The number of benzene rings is 2. The van der Waals surface area contributed by atoms with E-state index in [1.165, 1.54) is 4.68 Å². The Balaban J connectivity index is 1.79. The summed E-state index contributed by atoms with van der Waals surface area (Å²) in [4.78, 5) is 16.1. The van der Waals surface area contributed by atoms with E-state index in [2.05, 4.69) is 40.4 Å². The lowest BCUT2D eigenvalue weighted by Crippen LogP contribution is -2.38. The van der Waals surface area contributed by atoms with Crippen molar-refractivity contribution >= 4 is 5.82 Å². The molecule has 2 aromatic carbocycles. The van der Waals surface area contributed by atoms with Crippen molar-refractivity contribution in [1.82, 2.24) is 24.9 Å². The number of aromatic nitrogens is 4. The maximum atomic E-state index is 13.9. The first-order chi connectivity index (χ1) is 16.1. The molecule has 7 heteroatoms. The maximum Gasteiger partial charge on any atom is 0.279 e. The number of aryl methyl sites for hydroxylation is 3. The van der Waals surface area contributed by atoms with E-state index in [1.807, 2.05) is 55.1 Å². The van der Waals surface area contributed by atoms with Crippen molar-refractivity contribution in [3.8, 4) is 28.1 Å². The molecule has 0 radical (unpaired) electrons. The molecule has 1 aliphatic heterocycles. The molecule has 4 aromatic rings. The van der Waals surface area contributed by atoms with E-state index in [0.717, 1.165) is 59.0 Å². The first kappa shape index (κ1) is 21.2. The highest BCUT2D eigenvalue weighted by Crippen LogP contribution is 2.40. The van der Waals surface area contributed by atoms with Gasteiger partial charge in [-0.25, -0.2) is 4.68 Å². The Labute approximate surface area is 193 Å². The van der Waals surface area contributed by atoms with Gasteiger partial charge in [0.1, 0.15) is 11.5 Å². The van der Waals surface area contributed by atoms with E-state index in [1.54, 1.807) is 6.20 Å². The molecule has 0 unspecified atom stereocenters. The van der Waals surface area contributed by atoms with E-state index < -0.39 is 0 Å². The van der Waals surface area contributed by atoms with Crippen LogP contribution < -0.4 is 15.8 Å². The van der Waals surface area contributed by atoms with E-state index in [0.29, 0.717) is 12.2 Å². The fourth-order valence-electron chi connectivity index (χ4n) is 4.61. The standard InChI is InChI=1S/C26H28N6O/c1-18-8-6-10-20(16-18)24-23(25-30(17-27-3)14-7-15-31(25)29-24)21-12-13-28-32(26(21)33)22-11-5-4-9-19(22)2/h4-6,8-13,16,27H,7,14-15,17H2,1-3H3. The molecule has 0 saturated carbocycles. The average Bonchev–Trinajstić information content (AvgIpc) is 3.21. The maximum absolute atomic E-state index is 13.9. The summed E-state index contributed by atoms with van der Waals surface area (Å²) in [6.07, 6.45) is 2.71. The van der Waals surface area contributed by atoms with Crippen LogP contribution in [0, 0.1) is 13.8 Å². The predicted octanol–water partition coefficient (Wildman–Crippen LogP) is 3.77. The van der Waals surface area contributed by atoms with Crippen LogP contribution in [0.2, 0.25) is 0 Å². The average molecular weight is 441 g/mol. The molecule has 5 rings (SSSR count). The number of para-hydroxylation sites is 1. The molecule has 1 aliphatic rings. The molecule has 7 nitrogen and oxygen atoms in total. The van der Waals surface area contributed by atoms with Crippen molar-refractivity contribution < 1.29 is 0 Å². The van der Waals surface area contributed by atoms with Crippen LogP contribution in [0.1, 0.15) is 17.5 Å². The lowest BCUT2D eigenvalue weighted by atomic mass is 10.00. The first-order valence-electron chi connectivity index (χ1n) is 11.3. The molecule has 0 bridgehead atoms. The minimum Gasteiger partial charge on any atom is -0.343 e. The summed E-state index contributed by atoms with van der Waals surface area (Å²) in [5.41, 5.74) is 6.10. The second-order valence-electron chi connectivity index (χ2n) is 8.52. The molecule has 33 heavy (non-hydrogen) atoms. The SMILES string of the molecule is CNCN1CCCn2nc(-c3cccc(C)c3)c(-c3ccnn(-c4ccccc4C)c3=O)c21. The van der Waals surface area contributed by atoms with Crippen molar-refractivity contribution in [1.29, 1.82) is 0 Å².